The van der Waals surface area contributed by atoms with Gasteiger partial charge >= 0.3 is 0 Å². The molecule has 0 bridgehead atoms. The molecule has 0 unspecified atom stereocenters. The molecule has 1 aliphatic rings. The largest absolute Gasteiger partial charge is 0.312 e. The van der Waals surface area contributed by atoms with Crippen molar-refractivity contribution in [2.24, 2.45) is 0 Å². The molecule has 0 saturated heterocycles. The average Bonchev–Trinajstić information content (AvgIpc) is 2.75. The van der Waals surface area contributed by atoms with Crippen LogP contribution in [-0.2, 0) is 17.8 Å². The lowest BCUT2D eigenvalue weighted by molar-refractivity contribution is -0.118. The second-order valence-electron chi connectivity index (χ2n) is 6.90. The quantitative estimate of drug-likeness (QED) is 0.688. The molecule has 1 aliphatic heterocycles. The number of fused-ring (bicyclic) bond motifs is 1. The Balaban J connectivity index is 1.42. The van der Waals surface area contributed by atoms with E-state index in [2.05, 4.69) is 16.1 Å². The van der Waals surface area contributed by atoms with Crippen molar-refractivity contribution < 1.29 is 4.79 Å². The molecule has 0 fully saturated rings. The third-order valence-electron chi connectivity index (χ3n) is 5.00. The van der Waals surface area contributed by atoms with E-state index in [4.69, 9.17) is 0 Å². The number of hydrogen-bond acceptors (Lipinski definition) is 4. The molecule has 6 heteroatoms. The number of carbonyl (C=O) groups excluding carboxylic acids is 1. The summed E-state index contributed by atoms with van der Waals surface area (Å²) in [6.45, 7) is 1.17. The predicted molar refractivity (Wildman–Crippen MR) is 108 cm³/mol. The van der Waals surface area contributed by atoms with E-state index in [1.807, 2.05) is 35.2 Å². The first-order chi connectivity index (χ1) is 13.7. The van der Waals surface area contributed by atoms with Gasteiger partial charge < -0.3 is 4.90 Å². The van der Waals surface area contributed by atoms with Gasteiger partial charge in [-0.1, -0.05) is 18.2 Å². The molecule has 3 aromatic rings. The van der Waals surface area contributed by atoms with Gasteiger partial charge in [0, 0.05) is 49.2 Å². The van der Waals surface area contributed by atoms with Crippen molar-refractivity contribution in [2.75, 3.05) is 11.4 Å². The summed E-state index contributed by atoms with van der Waals surface area (Å²) in [6, 6.07) is 15.0. The van der Waals surface area contributed by atoms with E-state index in [0.29, 0.717) is 25.1 Å². The Morgan fingerprint density at radius 1 is 1.07 bits per heavy atom. The van der Waals surface area contributed by atoms with Gasteiger partial charge in [0.15, 0.2) is 0 Å². The summed E-state index contributed by atoms with van der Waals surface area (Å²) in [6.07, 6.45) is 6.37. The van der Waals surface area contributed by atoms with Crippen LogP contribution in [0.5, 0.6) is 0 Å². The van der Waals surface area contributed by atoms with Crippen molar-refractivity contribution in [3.05, 3.63) is 76.8 Å². The molecule has 3 heterocycles. The number of rotatable bonds is 5. The number of carbonyl (C=O) groups is 1. The molecule has 142 valence electrons. The number of anilines is 1. The van der Waals surface area contributed by atoms with Gasteiger partial charge in [0.1, 0.15) is 0 Å². The highest BCUT2D eigenvalue weighted by molar-refractivity contribution is 5.94. The summed E-state index contributed by atoms with van der Waals surface area (Å²) in [7, 11) is 0. The predicted octanol–water partition coefficient (Wildman–Crippen LogP) is 3.06. The summed E-state index contributed by atoms with van der Waals surface area (Å²) < 4.78 is 1.43. The van der Waals surface area contributed by atoms with Crippen LogP contribution in [0.1, 0.15) is 24.8 Å². The molecule has 0 radical (unpaired) electrons. The zero-order valence-electron chi connectivity index (χ0n) is 15.6. The Hall–Kier alpha value is -3.28. The topological polar surface area (TPSA) is 68.1 Å². The first-order valence-electron chi connectivity index (χ1n) is 9.59. The summed E-state index contributed by atoms with van der Waals surface area (Å²) in [5, 5.41) is 4.43. The van der Waals surface area contributed by atoms with Crippen LogP contribution in [0.25, 0.3) is 11.3 Å². The van der Waals surface area contributed by atoms with Crippen LogP contribution in [0.3, 0.4) is 0 Å². The highest BCUT2D eigenvalue weighted by atomic mass is 16.2. The van der Waals surface area contributed by atoms with Gasteiger partial charge in [0.2, 0.25) is 5.91 Å². The van der Waals surface area contributed by atoms with Crippen LogP contribution < -0.4 is 10.5 Å². The van der Waals surface area contributed by atoms with Crippen LogP contribution in [0.15, 0.2) is 65.7 Å². The molecule has 2 aromatic heterocycles. The minimum atomic E-state index is -0.164. The lowest BCUT2D eigenvalue weighted by Crippen LogP contribution is -2.35. The normalized spacial score (nSPS) is 13.2. The number of amides is 1. The highest BCUT2D eigenvalue weighted by Crippen LogP contribution is 2.27. The average molecular weight is 374 g/mol. The van der Waals surface area contributed by atoms with E-state index in [0.717, 1.165) is 30.6 Å². The summed E-state index contributed by atoms with van der Waals surface area (Å²) in [5.41, 5.74) is 3.64. The number of aromatic nitrogens is 3. The Labute approximate surface area is 163 Å². The summed E-state index contributed by atoms with van der Waals surface area (Å²) in [4.78, 5) is 30.8. The van der Waals surface area contributed by atoms with Gasteiger partial charge in [-0.05, 0) is 49.1 Å². The smallest absolute Gasteiger partial charge is 0.266 e. The fourth-order valence-corrected chi connectivity index (χ4v) is 3.59. The maximum absolute atomic E-state index is 12.7. The van der Waals surface area contributed by atoms with Crippen molar-refractivity contribution in [3.8, 4) is 11.3 Å². The van der Waals surface area contributed by atoms with Crippen LogP contribution >= 0.6 is 0 Å². The van der Waals surface area contributed by atoms with Crippen molar-refractivity contribution in [1.82, 2.24) is 14.8 Å². The second-order valence-corrected chi connectivity index (χ2v) is 6.90. The van der Waals surface area contributed by atoms with E-state index >= 15 is 0 Å². The van der Waals surface area contributed by atoms with E-state index in [1.165, 1.54) is 16.3 Å². The number of nitrogens with zero attached hydrogens (tertiary/aromatic N) is 4. The van der Waals surface area contributed by atoms with Crippen LogP contribution in [0.4, 0.5) is 5.69 Å². The monoisotopic (exact) mass is 374 g/mol. The number of pyridine rings is 1. The number of aryl methyl sites for hydroxylation is 2. The number of benzene rings is 1. The van der Waals surface area contributed by atoms with Gasteiger partial charge in [-0.15, -0.1) is 0 Å². The zero-order chi connectivity index (χ0) is 19.3. The Bertz CT molecular complexity index is 1030. The van der Waals surface area contributed by atoms with E-state index in [9.17, 15) is 9.59 Å². The number of hydrogen-bond donors (Lipinski definition) is 0. The first kappa shape index (κ1) is 18.1. The van der Waals surface area contributed by atoms with Crippen LogP contribution in [0.2, 0.25) is 0 Å². The molecular weight excluding hydrogens is 352 g/mol. The molecule has 0 N–H and O–H groups in total. The molecule has 0 saturated carbocycles. The Kier molecular flexibility index (Phi) is 5.28. The summed E-state index contributed by atoms with van der Waals surface area (Å²) >= 11 is 0. The maximum Gasteiger partial charge on any atom is 0.266 e. The van der Waals surface area contributed by atoms with Gasteiger partial charge in [-0.25, -0.2) is 4.68 Å². The minimum absolute atomic E-state index is 0.101. The minimum Gasteiger partial charge on any atom is -0.312 e. The Morgan fingerprint density at radius 2 is 1.96 bits per heavy atom. The third-order valence-corrected chi connectivity index (χ3v) is 5.00. The van der Waals surface area contributed by atoms with Crippen LogP contribution in [-0.4, -0.2) is 27.2 Å². The molecule has 1 amide bonds. The third kappa shape index (κ3) is 3.86. The lowest BCUT2D eigenvalue weighted by atomic mass is 10.0. The Morgan fingerprint density at radius 3 is 2.82 bits per heavy atom. The van der Waals surface area contributed by atoms with Crippen LogP contribution in [0, 0.1) is 0 Å². The summed E-state index contributed by atoms with van der Waals surface area (Å²) in [5.74, 6) is 0.101. The van der Waals surface area contributed by atoms with Crippen molar-refractivity contribution >= 4 is 11.6 Å². The van der Waals surface area contributed by atoms with Gasteiger partial charge in [-0.3, -0.25) is 14.6 Å². The van der Waals surface area contributed by atoms with Gasteiger partial charge in [0.25, 0.3) is 5.56 Å². The molecule has 0 aliphatic carbocycles. The van der Waals surface area contributed by atoms with E-state index in [1.54, 1.807) is 18.5 Å². The molecule has 28 heavy (non-hydrogen) atoms. The van der Waals surface area contributed by atoms with Gasteiger partial charge in [0.05, 0.1) is 5.69 Å². The molecule has 0 spiro atoms. The SMILES string of the molecule is O=C(CCCn1nc(-c2cccnc2)ccc1=O)N1CCCc2ccccc21. The van der Waals surface area contributed by atoms with E-state index < -0.39 is 0 Å². The number of para-hydroxylation sites is 1. The standard InChI is InChI=1S/C22H22N4O2/c27-21(25-14-4-8-17-6-1-2-9-20(17)25)10-5-15-26-22(28)12-11-19(24-26)18-7-3-13-23-16-18/h1-3,6-7,9,11-13,16H,4-5,8,10,14-15H2. The molecule has 1 aromatic carbocycles. The second kappa shape index (κ2) is 8.17. The fraction of sp³-hybridized carbons (Fsp3) is 0.273. The van der Waals surface area contributed by atoms with Crippen molar-refractivity contribution in [1.29, 1.82) is 0 Å². The first-order valence-corrected chi connectivity index (χ1v) is 9.59. The lowest BCUT2D eigenvalue weighted by Gasteiger charge is -2.29. The van der Waals surface area contributed by atoms with Gasteiger partial charge in [-0.2, -0.15) is 5.10 Å². The maximum atomic E-state index is 12.7. The van der Waals surface area contributed by atoms with E-state index in [-0.39, 0.29) is 11.5 Å². The highest BCUT2D eigenvalue weighted by Gasteiger charge is 2.21. The zero-order valence-corrected chi connectivity index (χ0v) is 15.6. The van der Waals surface area contributed by atoms with Crippen molar-refractivity contribution in [2.45, 2.75) is 32.2 Å². The molecule has 0 atom stereocenters. The molecular formula is C22H22N4O2. The molecule has 4 rings (SSSR count). The molecule has 6 nitrogen and oxygen atoms in total. The fourth-order valence-electron chi connectivity index (χ4n) is 3.59. The van der Waals surface area contributed by atoms with Crippen molar-refractivity contribution in [3.63, 3.8) is 0 Å².